The smallest absolute Gasteiger partial charge is 0.0936 e. The normalized spacial score (nSPS) is 10.6. The number of para-hydroxylation sites is 1. The maximum Gasteiger partial charge on any atom is 0.0936 e. The fourth-order valence-electron chi connectivity index (χ4n) is 2.00. The first-order valence-electron chi connectivity index (χ1n) is 5.90. The summed E-state index contributed by atoms with van der Waals surface area (Å²) in [6.45, 7) is 0. The van der Waals surface area contributed by atoms with Crippen LogP contribution in [0.2, 0.25) is 5.02 Å². The van der Waals surface area contributed by atoms with Gasteiger partial charge >= 0.3 is 0 Å². The number of hydrogen-bond donors (Lipinski definition) is 2. The summed E-state index contributed by atoms with van der Waals surface area (Å²) in [5, 5.41) is 5.00. The molecule has 0 aliphatic rings. The first-order chi connectivity index (χ1) is 9.24. The van der Waals surface area contributed by atoms with E-state index in [4.69, 9.17) is 17.3 Å². The van der Waals surface area contributed by atoms with Gasteiger partial charge in [0.1, 0.15) is 0 Å². The summed E-state index contributed by atoms with van der Waals surface area (Å²) in [7, 11) is 0. The number of aromatic nitrogens is 1. The third-order valence-electron chi connectivity index (χ3n) is 2.92. The van der Waals surface area contributed by atoms with Crippen molar-refractivity contribution in [2.45, 2.75) is 0 Å². The van der Waals surface area contributed by atoms with Crippen molar-refractivity contribution in [3.8, 4) is 0 Å². The Bertz CT molecular complexity index is 735. The van der Waals surface area contributed by atoms with Gasteiger partial charge in [0.25, 0.3) is 0 Å². The lowest BCUT2D eigenvalue weighted by Crippen LogP contribution is -1.97. The predicted octanol–water partition coefficient (Wildman–Crippen LogP) is 4.21. The molecule has 3 rings (SSSR count). The molecule has 3 N–H and O–H groups in total. The quantitative estimate of drug-likeness (QED) is 0.685. The van der Waals surface area contributed by atoms with Crippen molar-refractivity contribution >= 4 is 39.6 Å². The minimum Gasteiger partial charge on any atom is -0.397 e. The average molecular weight is 270 g/mol. The molecule has 19 heavy (non-hydrogen) atoms. The SMILES string of the molecule is Nc1cc(Cl)ccc1Nc1cccc2cccnc12. The number of pyridine rings is 1. The number of nitrogens with zero attached hydrogens (tertiary/aromatic N) is 1. The van der Waals surface area contributed by atoms with Crippen molar-refractivity contribution in [3.05, 3.63) is 59.8 Å². The maximum atomic E-state index is 5.95. The molecule has 4 heteroatoms. The van der Waals surface area contributed by atoms with Crippen LogP contribution in [0.3, 0.4) is 0 Å². The van der Waals surface area contributed by atoms with E-state index in [1.807, 2.05) is 36.4 Å². The van der Waals surface area contributed by atoms with Crippen molar-refractivity contribution in [2.75, 3.05) is 11.1 Å². The standard InChI is InChI=1S/C15H12ClN3/c16-11-6-7-13(12(17)9-11)19-14-5-1-3-10-4-2-8-18-15(10)14/h1-9,19H,17H2. The highest BCUT2D eigenvalue weighted by atomic mass is 35.5. The van der Waals surface area contributed by atoms with E-state index in [1.54, 1.807) is 18.3 Å². The second kappa shape index (κ2) is 4.78. The summed E-state index contributed by atoms with van der Waals surface area (Å²) in [4.78, 5) is 4.40. The summed E-state index contributed by atoms with van der Waals surface area (Å²) >= 11 is 5.89. The second-order valence-electron chi connectivity index (χ2n) is 4.24. The van der Waals surface area contributed by atoms with E-state index in [0.29, 0.717) is 10.7 Å². The Morgan fingerprint density at radius 2 is 1.84 bits per heavy atom. The Labute approximate surface area is 116 Å². The molecule has 1 heterocycles. The second-order valence-corrected chi connectivity index (χ2v) is 4.67. The van der Waals surface area contributed by atoms with Gasteiger partial charge in [-0.05, 0) is 30.3 Å². The van der Waals surface area contributed by atoms with Gasteiger partial charge in [0.05, 0.1) is 22.6 Å². The zero-order valence-electron chi connectivity index (χ0n) is 10.1. The van der Waals surface area contributed by atoms with Crippen molar-refractivity contribution in [3.63, 3.8) is 0 Å². The molecule has 3 aromatic rings. The van der Waals surface area contributed by atoms with E-state index < -0.39 is 0 Å². The fraction of sp³-hybridized carbons (Fsp3) is 0. The number of benzene rings is 2. The number of fused-ring (bicyclic) bond motifs is 1. The molecule has 0 amide bonds. The number of rotatable bonds is 2. The minimum atomic E-state index is 0.612. The van der Waals surface area contributed by atoms with Crippen LogP contribution in [0.1, 0.15) is 0 Å². The lowest BCUT2D eigenvalue weighted by molar-refractivity contribution is 1.40. The highest BCUT2D eigenvalue weighted by molar-refractivity contribution is 6.31. The van der Waals surface area contributed by atoms with Crippen LogP contribution in [-0.2, 0) is 0 Å². The highest BCUT2D eigenvalue weighted by Gasteiger charge is 2.04. The molecular weight excluding hydrogens is 258 g/mol. The molecular formula is C15H12ClN3. The lowest BCUT2D eigenvalue weighted by Gasteiger charge is -2.11. The number of anilines is 3. The monoisotopic (exact) mass is 269 g/mol. The molecule has 0 spiro atoms. The summed E-state index contributed by atoms with van der Waals surface area (Å²) < 4.78 is 0. The first-order valence-corrected chi connectivity index (χ1v) is 6.27. The number of halogens is 1. The lowest BCUT2D eigenvalue weighted by atomic mass is 10.2. The number of nitrogen functional groups attached to an aromatic ring is 1. The van der Waals surface area contributed by atoms with Gasteiger partial charge in [-0.15, -0.1) is 0 Å². The Balaban J connectivity index is 2.06. The van der Waals surface area contributed by atoms with E-state index in [1.165, 1.54) is 0 Å². The molecule has 0 fully saturated rings. The third-order valence-corrected chi connectivity index (χ3v) is 3.15. The Morgan fingerprint density at radius 3 is 2.68 bits per heavy atom. The van der Waals surface area contributed by atoms with Crippen LogP contribution in [0.25, 0.3) is 10.9 Å². The molecule has 3 nitrogen and oxygen atoms in total. The molecule has 0 saturated heterocycles. The predicted molar refractivity (Wildman–Crippen MR) is 80.9 cm³/mol. The van der Waals surface area contributed by atoms with Crippen LogP contribution >= 0.6 is 11.6 Å². The van der Waals surface area contributed by atoms with Crippen LogP contribution in [0.15, 0.2) is 54.7 Å². The van der Waals surface area contributed by atoms with Gasteiger partial charge < -0.3 is 11.1 Å². The van der Waals surface area contributed by atoms with Crippen molar-refractivity contribution in [1.29, 1.82) is 0 Å². The molecule has 2 aromatic carbocycles. The first kappa shape index (κ1) is 11.8. The van der Waals surface area contributed by atoms with Crippen LogP contribution in [0.5, 0.6) is 0 Å². The van der Waals surface area contributed by atoms with Gasteiger partial charge in [-0.1, -0.05) is 29.8 Å². The topological polar surface area (TPSA) is 50.9 Å². The van der Waals surface area contributed by atoms with Gasteiger partial charge in [-0.25, -0.2) is 0 Å². The number of nitrogens with two attached hydrogens (primary N) is 1. The van der Waals surface area contributed by atoms with E-state index in [9.17, 15) is 0 Å². The largest absolute Gasteiger partial charge is 0.397 e. The fourth-order valence-corrected chi connectivity index (χ4v) is 2.18. The van der Waals surface area contributed by atoms with E-state index in [2.05, 4.69) is 10.3 Å². The molecule has 0 radical (unpaired) electrons. The molecule has 0 aliphatic heterocycles. The van der Waals surface area contributed by atoms with Gasteiger partial charge in [-0.3, -0.25) is 4.98 Å². The van der Waals surface area contributed by atoms with Crippen molar-refractivity contribution in [2.24, 2.45) is 0 Å². The Morgan fingerprint density at radius 1 is 1.00 bits per heavy atom. The molecule has 94 valence electrons. The molecule has 0 unspecified atom stereocenters. The number of nitrogens with one attached hydrogen (secondary N) is 1. The van der Waals surface area contributed by atoms with Crippen LogP contribution in [0, 0.1) is 0 Å². The molecule has 0 saturated carbocycles. The van der Waals surface area contributed by atoms with E-state index >= 15 is 0 Å². The van der Waals surface area contributed by atoms with Gasteiger partial charge in [-0.2, -0.15) is 0 Å². The number of hydrogen-bond acceptors (Lipinski definition) is 3. The highest BCUT2D eigenvalue weighted by Crippen LogP contribution is 2.29. The summed E-state index contributed by atoms with van der Waals surface area (Å²) in [6, 6.07) is 15.3. The average Bonchev–Trinajstić information content (AvgIpc) is 2.42. The minimum absolute atomic E-state index is 0.612. The van der Waals surface area contributed by atoms with Gasteiger partial charge in [0.2, 0.25) is 0 Å². The zero-order chi connectivity index (χ0) is 13.2. The summed E-state index contributed by atoms with van der Waals surface area (Å²) in [5.74, 6) is 0. The van der Waals surface area contributed by atoms with Crippen molar-refractivity contribution in [1.82, 2.24) is 4.98 Å². The van der Waals surface area contributed by atoms with Gasteiger partial charge in [0.15, 0.2) is 0 Å². The van der Waals surface area contributed by atoms with Crippen LogP contribution < -0.4 is 11.1 Å². The molecule has 1 aromatic heterocycles. The summed E-state index contributed by atoms with van der Waals surface area (Å²) in [6.07, 6.45) is 1.78. The Kier molecular flexibility index (Phi) is 2.97. The Hall–Kier alpha value is -2.26. The molecule has 0 aliphatic carbocycles. The molecule has 0 atom stereocenters. The van der Waals surface area contributed by atoms with Crippen LogP contribution in [-0.4, -0.2) is 4.98 Å². The maximum absolute atomic E-state index is 5.95. The molecule has 0 bridgehead atoms. The van der Waals surface area contributed by atoms with E-state index in [0.717, 1.165) is 22.3 Å². The summed E-state index contributed by atoms with van der Waals surface area (Å²) in [5.41, 5.74) is 9.22. The zero-order valence-corrected chi connectivity index (χ0v) is 10.9. The van der Waals surface area contributed by atoms with Gasteiger partial charge in [0, 0.05) is 16.6 Å². The van der Waals surface area contributed by atoms with Crippen molar-refractivity contribution < 1.29 is 0 Å². The third kappa shape index (κ3) is 2.33. The van der Waals surface area contributed by atoms with E-state index in [-0.39, 0.29) is 0 Å². The van der Waals surface area contributed by atoms with Crippen LogP contribution in [0.4, 0.5) is 17.1 Å².